The standard InChI is InChI=1S/C15H14F2N4O/c1-9-19-7-13(8-20-9)21(2)15(22)14(18)5-10-3-11(16)6-12(17)4-10/h3-4,6-8,18H,5H2,1-2H3. The molecule has 22 heavy (non-hydrogen) atoms. The fourth-order valence-corrected chi connectivity index (χ4v) is 1.87. The van der Waals surface area contributed by atoms with Crippen molar-refractivity contribution in [2.75, 3.05) is 11.9 Å². The highest BCUT2D eigenvalue weighted by Gasteiger charge is 2.18. The highest BCUT2D eigenvalue weighted by molar-refractivity contribution is 6.42. The second kappa shape index (κ2) is 6.38. The third-order valence-electron chi connectivity index (χ3n) is 3.02. The van der Waals surface area contributed by atoms with Crippen LogP contribution in [-0.2, 0) is 11.2 Å². The summed E-state index contributed by atoms with van der Waals surface area (Å²) in [6, 6.07) is 2.94. The van der Waals surface area contributed by atoms with Gasteiger partial charge in [0.05, 0.1) is 18.1 Å². The molecule has 1 N–H and O–H groups in total. The van der Waals surface area contributed by atoms with Crippen LogP contribution in [0.1, 0.15) is 11.4 Å². The van der Waals surface area contributed by atoms with Gasteiger partial charge in [0.1, 0.15) is 23.2 Å². The first-order valence-electron chi connectivity index (χ1n) is 6.46. The van der Waals surface area contributed by atoms with E-state index in [4.69, 9.17) is 5.41 Å². The molecular weight excluding hydrogens is 290 g/mol. The molecule has 0 spiro atoms. The Morgan fingerprint density at radius 1 is 1.18 bits per heavy atom. The minimum Gasteiger partial charge on any atom is -0.307 e. The summed E-state index contributed by atoms with van der Waals surface area (Å²) in [5.74, 6) is -1.50. The molecule has 0 unspecified atom stereocenters. The van der Waals surface area contributed by atoms with Crippen molar-refractivity contribution in [3.8, 4) is 0 Å². The Hall–Kier alpha value is -2.70. The maximum Gasteiger partial charge on any atom is 0.272 e. The van der Waals surface area contributed by atoms with Crippen molar-refractivity contribution in [1.82, 2.24) is 9.97 Å². The zero-order valence-electron chi connectivity index (χ0n) is 12.1. The number of anilines is 1. The maximum absolute atomic E-state index is 13.1. The molecule has 1 aromatic heterocycles. The molecule has 0 radical (unpaired) electrons. The molecule has 0 aliphatic carbocycles. The number of carbonyl (C=O) groups excluding carboxylic acids is 1. The average Bonchev–Trinajstić information content (AvgIpc) is 2.45. The summed E-state index contributed by atoms with van der Waals surface area (Å²) in [5.41, 5.74) is 0.378. The van der Waals surface area contributed by atoms with Gasteiger partial charge in [-0.3, -0.25) is 10.2 Å². The molecule has 0 atom stereocenters. The lowest BCUT2D eigenvalue weighted by Crippen LogP contribution is -2.34. The Bertz CT molecular complexity index is 696. The van der Waals surface area contributed by atoms with E-state index >= 15 is 0 Å². The van der Waals surface area contributed by atoms with Crippen molar-refractivity contribution < 1.29 is 13.6 Å². The van der Waals surface area contributed by atoms with Crippen molar-refractivity contribution in [3.63, 3.8) is 0 Å². The van der Waals surface area contributed by atoms with E-state index in [9.17, 15) is 13.6 Å². The molecule has 0 aliphatic heterocycles. The van der Waals surface area contributed by atoms with Crippen LogP contribution in [-0.4, -0.2) is 28.6 Å². The Balaban J connectivity index is 2.11. The van der Waals surface area contributed by atoms with Crippen LogP contribution in [0.5, 0.6) is 0 Å². The molecule has 0 saturated heterocycles. The maximum atomic E-state index is 13.1. The van der Waals surface area contributed by atoms with E-state index in [0.717, 1.165) is 18.2 Å². The fraction of sp³-hybridized carbons (Fsp3) is 0.200. The van der Waals surface area contributed by atoms with Gasteiger partial charge >= 0.3 is 0 Å². The SMILES string of the molecule is Cc1ncc(N(C)C(=O)C(=N)Cc2cc(F)cc(F)c2)cn1. The van der Waals surface area contributed by atoms with Crippen LogP contribution >= 0.6 is 0 Å². The van der Waals surface area contributed by atoms with Gasteiger partial charge in [-0.1, -0.05) is 0 Å². The normalized spacial score (nSPS) is 10.4. The van der Waals surface area contributed by atoms with Gasteiger partial charge in [0.15, 0.2) is 0 Å². The first-order chi connectivity index (χ1) is 10.4. The third-order valence-corrected chi connectivity index (χ3v) is 3.02. The molecular formula is C15H14F2N4O. The van der Waals surface area contributed by atoms with E-state index in [1.54, 1.807) is 6.92 Å². The molecule has 1 heterocycles. The number of hydrogen-bond donors (Lipinski definition) is 1. The monoisotopic (exact) mass is 304 g/mol. The molecule has 0 aliphatic rings. The quantitative estimate of drug-likeness (QED) is 0.881. The number of carbonyl (C=O) groups is 1. The number of nitrogens with one attached hydrogen (secondary N) is 1. The predicted molar refractivity (Wildman–Crippen MR) is 78.0 cm³/mol. The van der Waals surface area contributed by atoms with Crippen LogP contribution in [0.15, 0.2) is 30.6 Å². The van der Waals surface area contributed by atoms with Gasteiger partial charge in [-0.2, -0.15) is 0 Å². The van der Waals surface area contributed by atoms with Crippen LogP contribution in [0.4, 0.5) is 14.5 Å². The fourth-order valence-electron chi connectivity index (χ4n) is 1.87. The van der Waals surface area contributed by atoms with Crippen LogP contribution in [0.25, 0.3) is 0 Å². The number of halogens is 2. The average molecular weight is 304 g/mol. The Morgan fingerprint density at radius 2 is 1.73 bits per heavy atom. The lowest BCUT2D eigenvalue weighted by atomic mass is 10.1. The van der Waals surface area contributed by atoms with Crippen molar-refractivity contribution >= 4 is 17.3 Å². The minimum atomic E-state index is -0.740. The van der Waals surface area contributed by atoms with E-state index in [-0.39, 0.29) is 17.7 Å². The van der Waals surface area contributed by atoms with Crippen molar-refractivity contribution in [2.45, 2.75) is 13.3 Å². The van der Waals surface area contributed by atoms with Gasteiger partial charge < -0.3 is 4.90 Å². The van der Waals surface area contributed by atoms with E-state index < -0.39 is 17.5 Å². The van der Waals surface area contributed by atoms with Crippen LogP contribution in [0.2, 0.25) is 0 Å². The molecule has 1 aromatic carbocycles. The Kier molecular flexibility index (Phi) is 4.55. The van der Waals surface area contributed by atoms with Gasteiger partial charge in [-0.25, -0.2) is 18.7 Å². The molecule has 2 rings (SSSR count). The zero-order chi connectivity index (χ0) is 16.3. The third kappa shape index (κ3) is 3.69. The second-order valence-corrected chi connectivity index (χ2v) is 4.79. The number of hydrogen-bond acceptors (Lipinski definition) is 4. The van der Waals surface area contributed by atoms with Crippen LogP contribution < -0.4 is 4.90 Å². The molecule has 0 bridgehead atoms. The highest BCUT2D eigenvalue weighted by Crippen LogP contribution is 2.12. The Labute approximate surface area is 126 Å². The molecule has 1 amide bonds. The molecule has 7 heteroatoms. The van der Waals surface area contributed by atoms with E-state index in [1.165, 1.54) is 24.3 Å². The van der Waals surface area contributed by atoms with Gasteiger partial charge in [0, 0.05) is 19.5 Å². The summed E-state index contributed by atoms with van der Waals surface area (Å²) in [4.78, 5) is 21.3. The van der Waals surface area contributed by atoms with Crippen LogP contribution in [0.3, 0.4) is 0 Å². The summed E-state index contributed by atoms with van der Waals surface area (Å²) in [5, 5.41) is 7.82. The molecule has 0 saturated carbocycles. The second-order valence-electron chi connectivity index (χ2n) is 4.79. The van der Waals surface area contributed by atoms with Crippen molar-refractivity contribution in [3.05, 3.63) is 53.6 Å². The first-order valence-corrected chi connectivity index (χ1v) is 6.46. The molecule has 5 nitrogen and oxygen atoms in total. The smallest absolute Gasteiger partial charge is 0.272 e. The Morgan fingerprint density at radius 3 is 2.27 bits per heavy atom. The summed E-state index contributed by atoms with van der Waals surface area (Å²) >= 11 is 0. The van der Waals surface area contributed by atoms with E-state index in [0.29, 0.717) is 11.5 Å². The number of aromatic nitrogens is 2. The number of rotatable bonds is 4. The predicted octanol–water partition coefficient (Wildman–Crippen LogP) is 2.29. The van der Waals surface area contributed by atoms with Crippen molar-refractivity contribution in [1.29, 1.82) is 5.41 Å². The zero-order valence-corrected chi connectivity index (χ0v) is 12.1. The highest BCUT2D eigenvalue weighted by atomic mass is 19.1. The lowest BCUT2D eigenvalue weighted by Gasteiger charge is -2.17. The van der Waals surface area contributed by atoms with Gasteiger partial charge in [-0.15, -0.1) is 0 Å². The molecule has 0 fully saturated rings. The first kappa shape index (κ1) is 15.7. The van der Waals surface area contributed by atoms with Crippen molar-refractivity contribution in [2.24, 2.45) is 0 Å². The molecule has 2 aromatic rings. The van der Waals surface area contributed by atoms with Gasteiger partial charge in [0.25, 0.3) is 5.91 Å². The molecule has 114 valence electrons. The van der Waals surface area contributed by atoms with E-state index in [2.05, 4.69) is 9.97 Å². The van der Waals surface area contributed by atoms with E-state index in [1.807, 2.05) is 0 Å². The topological polar surface area (TPSA) is 69.9 Å². The summed E-state index contributed by atoms with van der Waals surface area (Å²) in [6.07, 6.45) is 2.77. The van der Waals surface area contributed by atoms with Gasteiger partial charge in [-0.05, 0) is 24.6 Å². The number of amides is 1. The largest absolute Gasteiger partial charge is 0.307 e. The number of benzene rings is 1. The lowest BCUT2D eigenvalue weighted by molar-refractivity contribution is -0.112. The number of aryl methyl sites for hydroxylation is 1. The van der Waals surface area contributed by atoms with Gasteiger partial charge in [0.2, 0.25) is 0 Å². The summed E-state index contributed by atoms with van der Waals surface area (Å²) in [6.45, 7) is 1.71. The minimum absolute atomic E-state index is 0.162. The summed E-state index contributed by atoms with van der Waals surface area (Å²) < 4.78 is 26.2. The van der Waals surface area contributed by atoms with Crippen LogP contribution in [0, 0.1) is 24.0 Å². The number of nitrogens with zero attached hydrogens (tertiary/aromatic N) is 3. The summed E-state index contributed by atoms with van der Waals surface area (Å²) in [7, 11) is 1.48.